The molecule has 3 saturated heterocycles. The van der Waals surface area contributed by atoms with Gasteiger partial charge in [0.1, 0.15) is 23.1 Å². The third-order valence-electron chi connectivity index (χ3n) is 8.48. The van der Waals surface area contributed by atoms with Crippen molar-refractivity contribution in [3.8, 4) is 0 Å². The fourth-order valence-corrected chi connectivity index (χ4v) is 5.51. The van der Waals surface area contributed by atoms with Gasteiger partial charge in [0.25, 0.3) is 0 Å². The molecular formula is C28H32BF3N2O4. The smallest absolute Gasteiger partial charge is 0.399 e. The van der Waals surface area contributed by atoms with Crippen LogP contribution in [0.4, 0.5) is 18.9 Å². The molecule has 10 heteroatoms. The Bertz CT molecular complexity index is 1240. The van der Waals surface area contributed by atoms with Crippen LogP contribution >= 0.6 is 0 Å². The minimum absolute atomic E-state index is 0.0903. The van der Waals surface area contributed by atoms with Gasteiger partial charge in [-0.2, -0.15) is 0 Å². The SMILES string of the molecule is CC1(C)OB(c2ccc(C3CCN(c4c(F)cc(C5CCC(=O)NC5=O)cc4F)CC3)c(F)c2)OC1(C)C. The third kappa shape index (κ3) is 4.84. The number of imide groups is 1. The van der Waals surface area contributed by atoms with Crippen molar-refractivity contribution >= 4 is 30.1 Å². The number of carbonyl (C=O) groups is 2. The van der Waals surface area contributed by atoms with E-state index in [1.807, 2.05) is 33.8 Å². The van der Waals surface area contributed by atoms with E-state index in [2.05, 4.69) is 5.32 Å². The highest BCUT2D eigenvalue weighted by Crippen LogP contribution is 2.38. The van der Waals surface area contributed by atoms with Crippen molar-refractivity contribution < 1.29 is 32.1 Å². The van der Waals surface area contributed by atoms with Gasteiger partial charge >= 0.3 is 7.12 Å². The van der Waals surface area contributed by atoms with E-state index in [4.69, 9.17) is 9.31 Å². The zero-order chi connectivity index (χ0) is 27.4. The summed E-state index contributed by atoms with van der Waals surface area (Å²) in [5.41, 5.74) is 0.208. The molecule has 6 nitrogen and oxygen atoms in total. The molecule has 0 saturated carbocycles. The van der Waals surface area contributed by atoms with Gasteiger partial charge in [-0.3, -0.25) is 14.9 Å². The lowest BCUT2D eigenvalue weighted by Crippen LogP contribution is -2.41. The van der Waals surface area contributed by atoms with E-state index in [1.54, 1.807) is 11.0 Å². The summed E-state index contributed by atoms with van der Waals surface area (Å²) in [5.74, 6) is -3.62. The molecule has 1 atom stereocenters. The van der Waals surface area contributed by atoms with Crippen LogP contribution in [0, 0.1) is 17.5 Å². The van der Waals surface area contributed by atoms with Crippen LogP contribution in [0.3, 0.4) is 0 Å². The van der Waals surface area contributed by atoms with Gasteiger partial charge in [-0.1, -0.05) is 12.1 Å². The van der Waals surface area contributed by atoms with Gasteiger partial charge < -0.3 is 14.2 Å². The molecule has 5 rings (SSSR count). The Balaban J connectivity index is 1.26. The molecule has 0 aliphatic carbocycles. The van der Waals surface area contributed by atoms with Crippen molar-refractivity contribution in [1.29, 1.82) is 0 Å². The second kappa shape index (κ2) is 9.72. The fraction of sp³-hybridized carbons (Fsp3) is 0.500. The molecule has 2 aromatic rings. The van der Waals surface area contributed by atoms with E-state index in [9.17, 15) is 9.59 Å². The van der Waals surface area contributed by atoms with Crippen LogP contribution in [-0.4, -0.2) is 43.2 Å². The maximum absolute atomic E-state index is 15.2. The number of nitrogens with zero attached hydrogens (tertiary/aromatic N) is 1. The third-order valence-corrected chi connectivity index (χ3v) is 8.48. The molecule has 0 aromatic heterocycles. The lowest BCUT2D eigenvalue weighted by Gasteiger charge is -2.34. The highest BCUT2D eigenvalue weighted by molar-refractivity contribution is 6.62. The second-order valence-electron chi connectivity index (χ2n) is 11.5. The van der Waals surface area contributed by atoms with Crippen molar-refractivity contribution in [1.82, 2.24) is 5.32 Å². The maximum Gasteiger partial charge on any atom is 0.494 e. The minimum atomic E-state index is -0.764. The van der Waals surface area contributed by atoms with Crippen LogP contribution < -0.4 is 15.7 Å². The highest BCUT2D eigenvalue weighted by atomic mass is 19.1. The summed E-state index contributed by atoms with van der Waals surface area (Å²) < 4.78 is 57.4. The number of carbonyl (C=O) groups excluding carboxylic acids is 2. The summed E-state index contributed by atoms with van der Waals surface area (Å²) in [5, 5.41) is 2.22. The average molecular weight is 528 g/mol. The van der Waals surface area contributed by atoms with Crippen molar-refractivity contribution in [3.05, 3.63) is 58.9 Å². The Kier molecular flexibility index (Phi) is 6.84. The predicted octanol–water partition coefficient (Wildman–Crippen LogP) is 4.31. The van der Waals surface area contributed by atoms with Crippen LogP contribution in [0.25, 0.3) is 0 Å². The maximum atomic E-state index is 15.2. The summed E-state index contributed by atoms with van der Waals surface area (Å²) in [6.45, 7) is 8.49. The number of rotatable bonds is 4. The van der Waals surface area contributed by atoms with Crippen molar-refractivity contribution in [2.24, 2.45) is 0 Å². The van der Waals surface area contributed by atoms with Gasteiger partial charge in [0.2, 0.25) is 11.8 Å². The molecule has 3 heterocycles. The van der Waals surface area contributed by atoms with E-state index in [-0.39, 0.29) is 41.7 Å². The largest absolute Gasteiger partial charge is 0.494 e. The Morgan fingerprint density at radius 3 is 2.05 bits per heavy atom. The molecule has 1 N–H and O–H groups in total. The van der Waals surface area contributed by atoms with Gasteiger partial charge in [0.05, 0.1) is 17.1 Å². The van der Waals surface area contributed by atoms with Crippen LogP contribution in [-0.2, 0) is 18.9 Å². The Morgan fingerprint density at radius 2 is 1.50 bits per heavy atom. The lowest BCUT2D eigenvalue weighted by atomic mass is 9.77. The minimum Gasteiger partial charge on any atom is -0.399 e. The summed E-state index contributed by atoms with van der Waals surface area (Å²) in [6.07, 6.45) is 1.40. The topological polar surface area (TPSA) is 67.9 Å². The van der Waals surface area contributed by atoms with Crippen molar-refractivity contribution in [2.75, 3.05) is 18.0 Å². The zero-order valence-corrected chi connectivity index (χ0v) is 22.1. The molecule has 3 fully saturated rings. The molecule has 38 heavy (non-hydrogen) atoms. The van der Waals surface area contributed by atoms with Crippen molar-refractivity contribution in [3.63, 3.8) is 0 Å². The van der Waals surface area contributed by atoms with E-state index in [0.29, 0.717) is 37.0 Å². The Hall–Kier alpha value is -2.85. The molecule has 2 amide bonds. The highest BCUT2D eigenvalue weighted by Gasteiger charge is 2.51. The normalized spacial score (nSPS) is 23.6. The van der Waals surface area contributed by atoms with Crippen LogP contribution in [0.15, 0.2) is 30.3 Å². The molecule has 3 aliphatic heterocycles. The molecule has 202 valence electrons. The van der Waals surface area contributed by atoms with Crippen LogP contribution in [0.5, 0.6) is 0 Å². The molecule has 0 bridgehead atoms. The Labute approximate surface area is 221 Å². The van der Waals surface area contributed by atoms with Gasteiger partial charge in [0, 0.05) is 19.5 Å². The Morgan fingerprint density at radius 1 is 0.895 bits per heavy atom. The number of hydrogen-bond acceptors (Lipinski definition) is 5. The predicted molar refractivity (Wildman–Crippen MR) is 138 cm³/mol. The number of nitrogens with one attached hydrogen (secondary N) is 1. The van der Waals surface area contributed by atoms with E-state index >= 15 is 13.2 Å². The molecule has 2 aromatic carbocycles. The molecule has 0 radical (unpaired) electrons. The van der Waals surface area contributed by atoms with Gasteiger partial charge in [-0.25, -0.2) is 13.2 Å². The van der Waals surface area contributed by atoms with Gasteiger partial charge in [-0.05, 0) is 87.7 Å². The molecule has 0 spiro atoms. The number of benzene rings is 2. The number of halogens is 3. The zero-order valence-electron chi connectivity index (χ0n) is 22.1. The fourth-order valence-electron chi connectivity index (χ4n) is 5.51. The van der Waals surface area contributed by atoms with Crippen molar-refractivity contribution in [2.45, 2.75) is 76.4 Å². The van der Waals surface area contributed by atoms with Crippen LogP contribution in [0.1, 0.15) is 76.3 Å². The first kappa shape index (κ1) is 26.7. The lowest BCUT2D eigenvalue weighted by molar-refractivity contribution is -0.134. The van der Waals surface area contributed by atoms with Crippen LogP contribution in [0.2, 0.25) is 0 Å². The van der Waals surface area contributed by atoms with Gasteiger partial charge in [0.15, 0.2) is 0 Å². The first-order valence-electron chi connectivity index (χ1n) is 13.1. The summed E-state index contributed by atoms with van der Waals surface area (Å²) >= 11 is 0. The van der Waals surface area contributed by atoms with E-state index in [1.165, 1.54) is 18.2 Å². The molecule has 3 aliphatic rings. The first-order valence-corrected chi connectivity index (χ1v) is 13.1. The van der Waals surface area contributed by atoms with E-state index in [0.717, 1.165) is 0 Å². The number of anilines is 1. The summed E-state index contributed by atoms with van der Waals surface area (Å²) in [7, 11) is -0.653. The second-order valence-corrected chi connectivity index (χ2v) is 11.5. The quantitative estimate of drug-likeness (QED) is 0.474. The first-order chi connectivity index (χ1) is 17.9. The van der Waals surface area contributed by atoms with E-state index < -0.39 is 41.8 Å². The molecule has 1 unspecified atom stereocenters. The molecular weight excluding hydrogens is 496 g/mol. The number of amides is 2. The standard InChI is InChI=1S/C28H32BF3N2O4/c1-27(2)28(3,4)38-29(37-27)18-5-6-19(21(30)15-18)16-9-11-34(12-10-16)25-22(31)13-17(14-23(25)32)20-7-8-24(35)33-26(20)36/h5-6,13-16,20H,7-12H2,1-4H3,(H,33,35,36). The summed E-state index contributed by atoms with van der Waals surface area (Å²) in [6, 6.07) is 7.39. The summed E-state index contributed by atoms with van der Waals surface area (Å²) in [4.78, 5) is 25.2. The van der Waals surface area contributed by atoms with Gasteiger partial charge in [-0.15, -0.1) is 0 Å². The number of piperidine rings is 2. The average Bonchev–Trinajstić information content (AvgIpc) is 3.06. The number of hydrogen-bond donors (Lipinski definition) is 1. The monoisotopic (exact) mass is 528 g/mol.